The minimum absolute atomic E-state index is 0.663. The van der Waals surface area contributed by atoms with E-state index in [-0.39, 0.29) is 0 Å². The van der Waals surface area contributed by atoms with Crippen LogP contribution < -0.4 is 5.73 Å². The van der Waals surface area contributed by atoms with Crippen LogP contribution in [0.25, 0.3) is 10.6 Å². The predicted molar refractivity (Wildman–Crippen MR) is 94.0 cm³/mol. The van der Waals surface area contributed by atoms with Crippen LogP contribution in [0.4, 0.5) is 0 Å². The summed E-state index contributed by atoms with van der Waals surface area (Å²) < 4.78 is 0. The summed E-state index contributed by atoms with van der Waals surface area (Å²) in [5.41, 5.74) is 9.30. The van der Waals surface area contributed by atoms with Crippen LogP contribution in [-0.4, -0.2) is 29.5 Å². The molecule has 0 spiro atoms. The Bertz CT molecular complexity index is 583. The average Bonchev–Trinajstić information content (AvgIpc) is 2.99. The molecule has 0 unspecified atom stereocenters. The number of piperidine rings is 1. The molecule has 1 aliphatic heterocycles. The van der Waals surface area contributed by atoms with E-state index in [0.29, 0.717) is 6.54 Å². The van der Waals surface area contributed by atoms with Crippen LogP contribution in [-0.2, 0) is 13.0 Å². The van der Waals surface area contributed by atoms with Gasteiger partial charge >= 0.3 is 0 Å². The molecule has 0 aliphatic carbocycles. The van der Waals surface area contributed by atoms with E-state index in [1.54, 1.807) is 11.3 Å². The fraction of sp³-hybridized carbons (Fsp3) is 0.500. The molecule has 1 fully saturated rings. The number of likely N-dealkylation sites (tertiary alicyclic amines) is 1. The van der Waals surface area contributed by atoms with Crippen LogP contribution in [0.3, 0.4) is 0 Å². The highest BCUT2D eigenvalue weighted by atomic mass is 32.1. The highest BCUT2D eigenvalue weighted by Gasteiger charge is 2.15. The second-order valence-corrected chi connectivity index (χ2v) is 7.20. The van der Waals surface area contributed by atoms with Crippen molar-refractivity contribution in [3.63, 3.8) is 0 Å². The van der Waals surface area contributed by atoms with Gasteiger partial charge in [-0.3, -0.25) is 4.90 Å². The fourth-order valence-corrected chi connectivity index (χ4v) is 3.79. The first-order chi connectivity index (χ1) is 10.7. The Labute approximate surface area is 137 Å². The molecule has 0 atom stereocenters. The van der Waals surface area contributed by atoms with Crippen molar-refractivity contribution < 1.29 is 0 Å². The van der Waals surface area contributed by atoms with E-state index in [0.717, 1.165) is 29.6 Å². The predicted octanol–water partition coefficient (Wildman–Crippen LogP) is 3.54. The molecular weight excluding hydrogens is 290 g/mol. The third-order valence-corrected chi connectivity index (χ3v) is 5.38. The number of hydrogen-bond donors (Lipinski definition) is 1. The molecule has 2 N–H and O–H groups in total. The van der Waals surface area contributed by atoms with Crippen LogP contribution in [0.2, 0.25) is 0 Å². The normalized spacial score (nSPS) is 17.0. The molecule has 2 heterocycles. The maximum Gasteiger partial charge on any atom is 0.123 e. The minimum Gasteiger partial charge on any atom is -0.330 e. The number of benzene rings is 1. The Kier molecular flexibility index (Phi) is 5.24. The molecule has 3 nitrogen and oxygen atoms in total. The van der Waals surface area contributed by atoms with E-state index in [2.05, 4.69) is 46.5 Å². The number of nitrogens with two attached hydrogens (primary N) is 1. The Hall–Kier alpha value is -1.23. The number of rotatable bonds is 5. The van der Waals surface area contributed by atoms with Crippen LogP contribution in [0.1, 0.15) is 31.0 Å². The molecule has 22 heavy (non-hydrogen) atoms. The zero-order valence-corrected chi connectivity index (χ0v) is 14.1. The summed E-state index contributed by atoms with van der Waals surface area (Å²) in [6.07, 6.45) is 3.53. The summed E-state index contributed by atoms with van der Waals surface area (Å²) in [7, 11) is 0. The number of aromatic nitrogens is 1. The lowest BCUT2D eigenvalue weighted by Gasteiger charge is -2.30. The van der Waals surface area contributed by atoms with E-state index < -0.39 is 0 Å². The van der Waals surface area contributed by atoms with E-state index in [4.69, 9.17) is 5.73 Å². The first-order valence-electron chi connectivity index (χ1n) is 8.20. The highest BCUT2D eigenvalue weighted by molar-refractivity contribution is 7.13. The smallest absolute Gasteiger partial charge is 0.123 e. The minimum atomic E-state index is 0.663. The Balaban J connectivity index is 1.62. The fourth-order valence-electron chi connectivity index (χ4n) is 2.93. The van der Waals surface area contributed by atoms with Gasteiger partial charge in [-0.1, -0.05) is 31.2 Å². The molecule has 1 saturated heterocycles. The zero-order chi connectivity index (χ0) is 15.4. The summed E-state index contributed by atoms with van der Waals surface area (Å²) in [6, 6.07) is 8.90. The molecule has 1 aliphatic rings. The summed E-state index contributed by atoms with van der Waals surface area (Å²) in [4.78, 5) is 7.22. The maximum atomic E-state index is 5.59. The SMILES string of the molecule is CC1CCN(Cc2ccc(-c3nc(CCN)cs3)cc2)CC1. The molecule has 0 bridgehead atoms. The molecule has 1 aromatic heterocycles. The summed E-state index contributed by atoms with van der Waals surface area (Å²) >= 11 is 1.71. The van der Waals surface area contributed by atoms with Crippen LogP contribution >= 0.6 is 11.3 Å². The van der Waals surface area contributed by atoms with Crippen molar-refractivity contribution in [2.75, 3.05) is 19.6 Å². The van der Waals surface area contributed by atoms with E-state index in [9.17, 15) is 0 Å². The van der Waals surface area contributed by atoms with Crippen molar-refractivity contribution >= 4 is 11.3 Å². The molecule has 0 amide bonds. The van der Waals surface area contributed by atoms with Gasteiger partial charge in [0, 0.05) is 23.9 Å². The van der Waals surface area contributed by atoms with E-state index >= 15 is 0 Å². The second-order valence-electron chi connectivity index (χ2n) is 6.34. The third-order valence-electron chi connectivity index (χ3n) is 4.44. The van der Waals surface area contributed by atoms with Crippen molar-refractivity contribution in [2.24, 2.45) is 11.7 Å². The average molecular weight is 315 g/mol. The zero-order valence-electron chi connectivity index (χ0n) is 13.3. The van der Waals surface area contributed by atoms with Crippen LogP contribution in [0.5, 0.6) is 0 Å². The van der Waals surface area contributed by atoms with Gasteiger partial charge in [0.25, 0.3) is 0 Å². The van der Waals surface area contributed by atoms with Gasteiger partial charge in [0.05, 0.1) is 5.69 Å². The van der Waals surface area contributed by atoms with E-state index in [1.165, 1.54) is 37.1 Å². The molecule has 0 saturated carbocycles. The molecule has 0 radical (unpaired) electrons. The van der Waals surface area contributed by atoms with Crippen molar-refractivity contribution in [1.82, 2.24) is 9.88 Å². The van der Waals surface area contributed by atoms with Gasteiger partial charge in [-0.05, 0) is 44.0 Å². The monoisotopic (exact) mass is 315 g/mol. The van der Waals surface area contributed by atoms with Gasteiger partial charge in [-0.2, -0.15) is 0 Å². The standard InChI is InChI=1S/C18H25N3S/c1-14-7-10-21(11-8-14)12-15-2-4-16(5-3-15)18-20-17(6-9-19)13-22-18/h2-5,13-14H,6-12,19H2,1H3. The lowest BCUT2D eigenvalue weighted by molar-refractivity contribution is 0.185. The van der Waals surface area contributed by atoms with Crippen LogP contribution in [0.15, 0.2) is 29.6 Å². The van der Waals surface area contributed by atoms with Gasteiger partial charge < -0.3 is 5.73 Å². The van der Waals surface area contributed by atoms with Gasteiger partial charge in [0.1, 0.15) is 5.01 Å². The van der Waals surface area contributed by atoms with Crippen molar-refractivity contribution in [2.45, 2.75) is 32.7 Å². The number of hydrogen-bond acceptors (Lipinski definition) is 4. The lowest BCUT2D eigenvalue weighted by atomic mass is 9.99. The second kappa shape index (κ2) is 7.36. The largest absolute Gasteiger partial charge is 0.330 e. The van der Waals surface area contributed by atoms with Gasteiger partial charge in [-0.15, -0.1) is 11.3 Å². The quantitative estimate of drug-likeness (QED) is 0.917. The molecular formula is C18H25N3S. The maximum absolute atomic E-state index is 5.59. The first-order valence-corrected chi connectivity index (χ1v) is 9.08. The molecule has 1 aromatic carbocycles. The molecule has 2 aromatic rings. The molecule has 118 valence electrons. The van der Waals surface area contributed by atoms with E-state index in [1.807, 2.05) is 0 Å². The Morgan fingerprint density at radius 3 is 2.64 bits per heavy atom. The first kappa shape index (κ1) is 15.7. The molecule has 3 rings (SSSR count). The van der Waals surface area contributed by atoms with Crippen LogP contribution in [0, 0.1) is 5.92 Å². The van der Waals surface area contributed by atoms with Crippen molar-refractivity contribution in [3.05, 3.63) is 40.9 Å². The van der Waals surface area contributed by atoms with Gasteiger partial charge in [0.15, 0.2) is 0 Å². The molecule has 4 heteroatoms. The third kappa shape index (κ3) is 3.94. The van der Waals surface area contributed by atoms with Gasteiger partial charge in [-0.25, -0.2) is 4.98 Å². The topological polar surface area (TPSA) is 42.2 Å². The summed E-state index contributed by atoms with van der Waals surface area (Å²) in [5, 5.41) is 3.21. The Morgan fingerprint density at radius 1 is 1.23 bits per heavy atom. The number of thiazole rings is 1. The summed E-state index contributed by atoms with van der Waals surface area (Å²) in [6.45, 7) is 6.56. The number of nitrogens with zero attached hydrogens (tertiary/aromatic N) is 2. The lowest BCUT2D eigenvalue weighted by Crippen LogP contribution is -2.32. The van der Waals surface area contributed by atoms with Crippen molar-refractivity contribution in [1.29, 1.82) is 0 Å². The van der Waals surface area contributed by atoms with Crippen molar-refractivity contribution in [3.8, 4) is 10.6 Å². The summed E-state index contributed by atoms with van der Waals surface area (Å²) in [5.74, 6) is 0.895. The Morgan fingerprint density at radius 2 is 1.95 bits per heavy atom. The van der Waals surface area contributed by atoms with Gasteiger partial charge in [0.2, 0.25) is 0 Å². The highest BCUT2D eigenvalue weighted by Crippen LogP contribution is 2.25.